The van der Waals surface area contributed by atoms with Crippen LogP contribution < -0.4 is 0 Å². The Morgan fingerprint density at radius 1 is 1.25 bits per heavy atom. The normalized spacial score (nSPS) is 12.7. The minimum absolute atomic E-state index is 0.237. The van der Waals surface area contributed by atoms with Gasteiger partial charge in [0.1, 0.15) is 0 Å². The largest absolute Gasteiger partial charge is 0.396 e. The van der Waals surface area contributed by atoms with E-state index in [1.54, 1.807) is 0 Å². The SMILES string of the molecule is CCOCCC(CO)Cc1ccc(C)cc1. The van der Waals surface area contributed by atoms with Gasteiger partial charge in [-0.2, -0.15) is 0 Å². The van der Waals surface area contributed by atoms with Crippen molar-refractivity contribution in [2.75, 3.05) is 19.8 Å². The number of ether oxygens (including phenoxy) is 1. The summed E-state index contributed by atoms with van der Waals surface area (Å²) in [5.41, 5.74) is 2.57. The van der Waals surface area contributed by atoms with Gasteiger partial charge >= 0.3 is 0 Å². The molecule has 0 saturated heterocycles. The highest BCUT2D eigenvalue weighted by Crippen LogP contribution is 2.13. The van der Waals surface area contributed by atoms with Crippen LogP contribution in [0.2, 0.25) is 0 Å². The summed E-state index contributed by atoms with van der Waals surface area (Å²) in [5, 5.41) is 9.29. The van der Waals surface area contributed by atoms with E-state index < -0.39 is 0 Å². The van der Waals surface area contributed by atoms with Gasteiger partial charge in [0.2, 0.25) is 0 Å². The van der Waals surface area contributed by atoms with Gasteiger partial charge in [-0.25, -0.2) is 0 Å². The van der Waals surface area contributed by atoms with Crippen molar-refractivity contribution in [1.29, 1.82) is 0 Å². The number of benzene rings is 1. The van der Waals surface area contributed by atoms with E-state index in [1.165, 1.54) is 11.1 Å². The van der Waals surface area contributed by atoms with Gasteiger partial charge < -0.3 is 9.84 Å². The molecular formula is C14H22O2. The van der Waals surface area contributed by atoms with Crippen LogP contribution in [0, 0.1) is 12.8 Å². The summed E-state index contributed by atoms with van der Waals surface area (Å²) in [5.74, 6) is 0.314. The summed E-state index contributed by atoms with van der Waals surface area (Å²) in [6, 6.07) is 8.51. The van der Waals surface area contributed by atoms with Crippen molar-refractivity contribution in [3.05, 3.63) is 35.4 Å². The molecule has 16 heavy (non-hydrogen) atoms. The van der Waals surface area contributed by atoms with Crippen molar-refractivity contribution in [2.45, 2.75) is 26.7 Å². The van der Waals surface area contributed by atoms with Crippen LogP contribution in [0.15, 0.2) is 24.3 Å². The number of aliphatic hydroxyl groups excluding tert-OH is 1. The number of rotatable bonds is 7. The van der Waals surface area contributed by atoms with Crippen LogP contribution in [0.25, 0.3) is 0 Å². The van der Waals surface area contributed by atoms with Crippen molar-refractivity contribution in [3.8, 4) is 0 Å². The summed E-state index contributed by atoms with van der Waals surface area (Å²) in [4.78, 5) is 0. The van der Waals surface area contributed by atoms with Crippen LogP contribution >= 0.6 is 0 Å². The second-order valence-electron chi connectivity index (χ2n) is 4.22. The first-order chi connectivity index (χ1) is 7.76. The Balaban J connectivity index is 2.40. The van der Waals surface area contributed by atoms with E-state index >= 15 is 0 Å². The van der Waals surface area contributed by atoms with Crippen LogP contribution in [0.5, 0.6) is 0 Å². The highest BCUT2D eigenvalue weighted by molar-refractivity contribution is 5.21. The molecule has 1 atom stereocenters. The predicted octanol–water partition coefficient (Wildman–Crippen LogP) is 2.57. The third-order valence-corrected chi connectivity index (χ3v) is 2.78. The molecule has 0 bridgehead atoms. The van der Waals surface area contributed by atoms with Crippen LogP contribution in [0.3, 0.4) is 0 Å². The summed E-state index contributed by atoms with van der Waals surface area (Å²) in [7, 11) is 0. The van der Waals surface area contributed by atoms with Gasteiger partial charge in [-0.15, -0.1) is 0 Å². The molecule has 1 unspecified atom stereocenters. The van der Waals surface area contributed by atoms with Crippen molar-refractivity contribution >= 4 is 0 Å². The van der Waals surface area contributed by atoms with Crippen molar-refractivity contribution < 1.29 is 9.84 Å². The standard InChI is InChI=1S/C14H22O2/c1-3-16-9-8-14(11-15)10-13-6-4-12(2)5-7-13/h4-7,14-15H,3,8-11H2,1-2H3. The van der Waals surface area contributed by atoms with E-state index in [4.69, 9.17) is 4.74 Å². The molecule has 1 aromatic rings. The molecule has 0 amide bonds. The zero-order valence-corrected chi connectivity index (χ0v) is 10.3. The minimum atomic E-state index is 0.237. The second-order valence-corrected chi connectivity index (χ2v) is 4.22. The smallest absolute Gasteiger partial charge is 0.0469 e. The molecule has 0 heterocycles. The molecule has 2 heteroatoms. The minimum Gasteiger partial charge on any atom is -0.396 e. The Kier molecular flexibility index (Phi) is 6.12. The summed E-state index contributed by atoms with van der Waals surface area (Å²) < 4.78 is 5.31. The van der Waals surface area contributed by atoms with Crippen molar-refractivity contribution in [1.82, 2.24) is 0 Å². The van der Waals surface area contributed by atoms with Crippen LogP contribution in [0.4, 0.5) is 0 Å². The molecule has 0 aromatic heterocycles. The first-order valence-electron chi connectivity index (χ1n) is 6.00. The van der Waals surface area contributed by atoms with Crippen LogP contribution in [0.1, 0.15) is 24.5 Å². The molecule has 0 aliphatic heterocycles. The monoisotopic (exact) mass is 222 g/mol. The fourth-order valence-electron chi connectivity index (χ4n) is 1.71. The zero-order valence-electron chi connectivity index (χ0n) is 10.3. The maximum Gasteiger partial charge on any atom is 0.0469 e. The molecule has 0 spiro atoms. The second kappa shape index (κ2) is 7.42. The van der Waals surface area contributed by atoms with Gasteiger partial charge in [0.05, 0.1) is 0 Å². The Morgan fingerprint density at radius 3 is 2.50 bits per heavy atom. The molecule has 0 fully saturated rings. The van der Waals surface area contributed by atoms with E-state index in [1.807, 2.05) is 6.92 Å². The van der Waals surface area contributed by atoms with E-state index in [2.05, 4.69) is 31.2 Å². The molecule has 0 radical (unpaired) electrons. The topological polar surface area (TPSA) is 29.5 Å². The summed E-state index contributed by atoms with van der Waals surface area (Å²) in [6.07, 6.45) is 1.86. The lowest BCUT2D eigenvalue weighted by Gasteiger charge is -2.14. The van der Waals surface area contributed by atoms with Gasteiger partial charge in [-0.3, -0.25) is 0 Å². The maximum atomic E-state index is 9.29. The van der Waals surface area contributed by atoms with Gasteiger partial charge in [0.15, 0.2) is 0 Å². The Morgan fingerprint density at radius 2 is 1.94 bits per heavy atom. The highest BCUT2D eigenvalue weighted by Gasteiger charge is 2.08. The average Bonchev–Trinajstić information content (AvgIpc) is 2.31. The molecule has 1 rings (SSSR count). The van der Waals surface area contributed by atoms with Gasteiger partial charge in [-0.05, 0) is 38.2 Å². The first-order valence-corrected chi connectivity index (χ1v) is 6.00. The maximum absolute atomic E-state index is 9.29. The Bertz CT molecular complexity index is 279. The zero-order chi connectivity index (χ0) is 11.8. The Hall–Kier alpha value is -0.860. The molecule has 1 N–H and O–H groups in total. The van der Waals surface area contributed by atoms with Gasteiger partial charge in [0.25, 0.3) is 0 Å². The Labute approximate surface area is 98.3 Å². The van der Waals surface area contributed by atoms with E-state index in [0.29, 0.717) is 5.92 Å². The molecular weight excluding hydrogens is 200 g/mol. The predicted molar refractivity (Wildman–Crippen MR) is 66.6 cm³/mol. The van der Waals surface area contributed by atoms with Gasteiger partial charge in [-0.1, -0.05) is 29.8 Å². The quantitative estimate of drug-likeness (QED) is 0.718. The van der Waals surface area contributed by atoms with E-state index in [-0.39, 0.29) is 6.61 Å². The summed E-state index contributed by atoms with van der Waals surface area (Å²) >= 11 is 0. The number of aryl methyl sites for hydroxylation is 1. The highest BCUT2D eigenvalue weighted by atomic mass is 16.5. The number of aliphatic hydroxyl groups is 1. The fraction of sp³-hybridized carbons (Fsp3) is 0.571. The average molecular weight is 222 g/mol. The molecule has 0 saturated carbocycles. The number of hydrogen-bond acceptors (Lipinski definition) is 2. The summed E-state index contributed by atoms with van der Waals surface area (Å²) in [6.45, 7) is 5.81. The third-order valence-electron chi connectivity index (χ3n) is 2.78. The lowest BCUT2D eigenvalue weighted by Crippen LogP contribution is -2.12. The van der Waals surface area contributed by atoms with E-state index in [9.17, 15) is 5.11 Å². The van der Waals surface area contributed by atoms with Crippen molar-refractivity contribution in [3.63, 3.8) is 0 Å². The lowest BCUT2D eigenvalue weighted by atomic mass is 9.97. The molecule has 2 nitrogen and oxygen atoms in total. The molecule has 0 aliphatic carbocycles. The van der Waals surface area contributed by atoms with Crippen molar-refractivity contribution in [2.24, 2.45) is 5.92 Å². The van der Waals surface area contributed by atoms with Crippen LogP contribution in [-0.2, 0) is 11.2 Å². The molecule has 1 aromatic carbocycles. The van der Waals surface area contributed by atoms with E-state index in [0.717, 1.165) is 26.1 Å². The molecule has 0 aliphatic rings. The van der Waals surface area contributed by atoms with Crippen LogP contribution in [-0.4, -0.2) is 24.9 Å². The first kappa shape index (κ1) is 13.2. The fourth-order valence-corrected chi connectivity index (χ4v) is 1.71. The third kappa shape index (κ3) is 4.77. The lowest BCUT2D eigenvalue weighted by molar-refractivity contribution is 0.115. The molecule has 90 valence electrons. The number of hydrogen-bond donors (Lipinski definition) is 1. The van der Waals surface area contributed by atoms with Gasteiger partial charge in [0, 0.05) is 19.8 Å².